The second-order valence-electron chi connectivity index (χ2n) is 30.1. The lowest BCUT2D eigenvalue weighted by Crippen LogP contribution is -2.33. The van der Waals surface area contributed by atoms with Crippen molar-refractivity contribution < 1.29 is 27.6 Å². The molecule has 618 valence electrons. The maximum absolute atomic E-state index is 17.5. The zero-order chi connectivity index (χ0) is 82.0. The molecule has 0 fully saturated rings. The first-order valence-electron chi connectivity index (χ1n) is 42.5. The van der Waals surface area contributed by atoms with Crippen LogP contribution in [0.4, 0.5) is 13.2 Å². The van der Waals surface area contributed by atoms with Crippen LogP contribution < -0.4 is 33.4 Å². The molecule has 3 aromatic carbocycles. The Labute approximate surface area is 667 Å². The summed E-state index contributed by atoms with van der Waals surface area (Å²) < 4.78 is 52.5. The van der Waals surface area contributed by atoms with Gasteiger partial charge in [-0.15, -0.1) is 0 Å². The van der Waals surface area contributed by atoms with Crippen molar-refractivity contribution in [1.29, 1.82) is 0 Å². The molecule has 7 aromatic rings. The Bertz CT molecular complexity index is 4280. The molecule has 0 spiro atoms. The van der Waals surface area contributed by atoms with E-state index in [4.69, 9.17) is 0 Å². The molecule has 12 bridgehead atoms. The third-order valence-corrected chi connectivity index (χ3v) is 20.6. The van der Waals surface area contributed by atoms with Gasteiger partial charge in [-0.2, -0.15) is 0 Å². The van der Waals surface area contributed by atoms with E-state index in [0.29, 0.717) is 77.8 Å². The van der Waals surface area contributed by atoms with Crippen molar-refractivity contribution in [3.63, 3.8) is 0 Å². The Morgan fingerprint density at radius 3 is 0.561 bits per heavy atom. The fourth-order valence-corrected chi connectivity index (χ4v) is 14.0. The molecule has 0 aliphatic heterocycles. The van der Waals surface area contributed by atoms with Gasteiger partial charge < -0.3 is 44.6 Å². The molecule has 0 saturated heterocycles. The molecule has 0 atom stereocenters. The van der Waals surface area contributed by atoms with E-state index in [-0.39, 0.29) is 16.7 Å². The van der Waals surface area contributed by atoms with Gasteiger partial charge in [0, 0.05) is 56.0 Å². The number of rotatable bonds is 45. The van der Waals surface area contributed by atoms with E-state index in [1.165, 1.54) is 54.6 Å². The number of pyridine rings is 3. The zero-order valence-corrected chi connectivity index (χ0v) is 68.4. The number of benzene rings is 3. The van der Waals surface area contributed by atoms with Crippen LogP contribution in [-0.2, 0) is 0 Å². The van der Waals surface area contributed by atoms with Crippen molar-refractivity contribution in [2.24, 2.45) is 0 Å². The summed E-state index contributed by atoms with van der Waals surface area (Å²) in [5.74, 6) is -5.21. The topological polar surface area (TPSA) is 297 Å². The van der Waals surface area contributed by atoms with Crippen molar-refractivity contribution in [3.8, 4) is 0 Å². The molecule has 6 N–H and O–H groups in total. The molecule has 0 radical (unpaired) electrons. The normalized spacial score (nSPS) is 11.2. The maximum Gasteiger partial charge on any atom is 0.274 e. The van der Waals surface area contributed by atoms with Crippen LogP contribution in [0.2, 0.25) is 0 Å². The zero-order valence-electron chi connectivity index (χ0n) is 68.4. The molecule has 4 aromatic heterocycles. The highest BCUT2D eigenvalue weighted by Gasteiger charge is 2.23. The molecule has 0 unspecified atom stereocenters. The highest BCUT2D eigenvalue weighted by atomic mass is 19.1. The Morgan fingerprint density at radius 2 is 0.404 bits per heavy atom. The summed E-state index contributed by atoms with van der Waals surface area (Å²) in [5.41, 5.74) is -12.9. The average Bonchev–Trinajstić information content (AvgIpc) is 0.808. The van der Waals surface area contributed by atoms with E-state index in [1.54, 1.807) is 14.7 Å². The van der Waals surface area contributed by atoms with Gasteiger partial charge in [0.2, 0.25) is 0 Å². The number of hydrogen-bond donors (Lipinski definition) is 6. The number of aromatic nitrogens is 9. The van der Waals surface area contributed by atoms with Gasteiger partial charge in [-0.05, 0) is 111 Å². The van der Waals surface area contributed by atoms with Crippen LogP contribution in [0.1, 0.15) is 304 Å². The van der Waals surface area contributed by atoms with Crippen molar-refractivity contribution in [3.05, 3.63) is 187 Å². The number of nitrogens with one attached hydrogen (secondary N) is 6. The van der Waals surface area contributed by atoms with Crippen LogP contribution in [0.25, 0.3) is 66.2 Å². The Kier molecular flexibility index (Phi) is 40.3. The predicted octanol–water partition coefficient (Wildman–Crippen LogP) is 19.9. The molecule has 0 aliphatic rings. The monoisotopic (exact) mass is 1570 g/mol. The number of amides is 3. The van der Waals surface area contributed by atoms with E-state index in [9.17, 15) is 28.8 Å². The minimum atomic E-state index is -1.22. The summed E-state index contributed by atoms with van der Waals surface area (Å²) in [4.78, 5) is 166. The molecule has 3 amide bonds. The van der Waals surface area contributed by atoms with Gasteiger partial charge in [0.1, 0.15) is 33.1 Å². The van der Waals surface area contributed by atoms with Gasteiger partial charge in [-0.1, -0.05) is 252 Å². The van der Waals surface area contributed by atoms with E-state index >= 15 is 27.6 Å². The summed E-state index contributed by atoms with van der Waals surface area (Å²) in [7, 11) is 0. The van der Waals surface area contributed by atoms with Gasteiger partial charge >= 0.3 is 0 Å². The fraction of sp³-hybridized carbons (Fsp3) is 0.533. The molecular formula is C90H123F3N12O9. The first-order valence-corrected chi connectivity index (χ1v) is 42.5. The van der Waals surface area contributed by atoms with Crippen molar-refractivity contribution in [1.82, 2.24) is 59.6 Å². The van der Waals surface area contributed by atoms with E-state index in [2.05, 4.69) is 86.4 Å². The van der Waals surface area contributed by atoms with Gasteiger partial charge in [-0.3, -0.25) is 43.2 Å². The molecular weight excluding hydrogens is 1450 g/mol. The first kappa shape index (κ1) is 91.3. The number of aromatic amines is 6. The van der Waals surface area contributed by atoms with Crippen LogP contribution >= 0.6 is 0 Å². The van der Waals surface area contributed by atoms with Gasteiger partial charge in [-0.25, -0.2) is 28.1 Å². The SMILES string of the molecule is CCCCCCCCN(CCCCCCCC)C(=O)c1cc2[nH]c(=O)c3cccc(n3)c(=O)[nH]c3cc(C(=O)N(CCCCCCCC)CCCCCCCC)cc([nH]c(=O)c4cccc(n4)c(=O)[nH]c4cc(C(=O)N(CCCCCCCC)CCCCCCCC)cc([nH]c(=O)c5cccc(n5)c(=O)[nH]c(c1)c2F)c4F)c3F. The second kappa shape index (κ2) is 50.4. The number of halogens is 3. The van der Waals surface area contributed by atoms with Crippen molar-refractivity contribution in [2.75, 3.05) is 39.3 Å². The quantitative estimate of drug-likeness (QED) is 0.0194. The van der Waals surface area contributed by atoms with Crippen LogP contribution in [0.15, 0.2) is 120 Å². The first-order chi connectivity index (χ1) is 55.3. The molecule has 0 saturated carbocycles. The number of nitrogens with zero attached hydrogens (tertiary/aromatic N) is 6. The average molecular weight is 1570 g/mol. The number of fused-ring (bicyclic) bond motifs is 12. The third-order valence-electron chi connectivity index (χ3n) is 20.6. The van der Waals surface area contributed by atoms with E-state index in [0.717, 1.165) is 229 Å². The lowest BCUT2D eigenvalue weighted by Gasteiger charge is -2.23. The fourth-order valence-electron chi connectivity index (χ4n) is 14.0. The molecule has 0 aliphatic carbocycles. The van der Waals surface area contributed by atoms with Crippen LogP contribution in [-0.4, -0.2) is 117 Å². The predicted molar refractivity (Wildman–Crippen MR) is 456 cm³/mol. The third kappa shape index (κ3) is 29.5. The molecule has 21 nitrogen and oxygen atoms in total. The summed E-state index contributed by atoms with van der Waals surface area (Å²) >= 11 is 0. The smallest absolute Gasteiger partial charge is 0.274 e. The molecule has 114 heavy (non-hydrogen) atoms. The van der Waals surface area contributed by atoms with Gasteiger partial charge in [0.15, 0.2) is 17.5 Å². The minimum Gasteiger partial charge on any atom is -0.339 e. The second-order valence-corrected chi connectivity index (χ2v) is 30.1. The van der Waals surface area contributed by atoms with Gasteiger partial charge in [0.25, 0.3) is 51.1 Å². The van der Waals surface area contributed by atoms with Crippen LogP contribution in [0.3, 0.4) is 0 Å². The highest BCUT2D eigenvalue weighted by Crippen LogP contribution is 2.23. The van der Waals surface area contributed by atoms with Crippen molar-refractivity contribution >= 4 is 83.9 Å². The Hall–Kier alpha value is -9.87. The summed E-state index contributed by atoms with van der Waals surface area (Å²) in [5, 5.41) is 0. The number of H-pyrrole nitrogens is 6. The summed E-state index contributed by atoms with van der Waals surface area (Å²) in [6.07, 6.45) is 33.9. The summed E-state index contributed by atoms with van der Waals surface area (Å²) in [6, 6.07) is 18.2. The van der Waals surface area contributed by atoms with Crippen molar-refractivity contribution in [2.45, 2.75) is 273 Å². The number of carbonyl (C=O) groups excluding carboxylic acids is 3. The maximum atomic E-state index is 17.5. The minimum absolute atomic E-state index is 0.117. The molecule has 4 heterocycles. The standard InChI is InChI=1S/C90H123F3N12O9/c1-7-13-19-25-31-37-52-103(53-38-32-26-20-14-8-2)88(112)64-58-73-79(91)74(59-64)98-83(107)68-47-44-49-70(95-68)85(109)100-76-61-66(90(114)105(56-41-35-29-23-17-11-5)57-42-36-30-24-18-12-6)63-78(81(76)93)102-87(111)72-51-45-50-71(96-72)86(110)101-77-62-65(60-75(80(77)92)99-84(108)69-48-43-46-67(94-69)82(106)97-73)89(113)104(54-39-33-27-21-15-9-3)55-40-34-28-22-16-10-4/h43-51,58-63H,7-42,52-57H2,1-6H3,(H,97,106)(H,98,107)(H,99,108)(H,100,109)(H,101,110)(H,102,111). The van der Waals surface area contributed by atoms with Gasteiger partial charge in [0.05, 0.1) is 33.1 Å². The highest BCUT2D eigenvalue weighted by molar-refractivity contribution is 5.99. The van der Waals surface area contributed by atoms with E-state index in [1.807, 2.05) is 0 Å². The largest absolute Gasteiger partial charge is 0.339 e. The molecule has 24 heteroatoms. The molecule has 7 rings (SSSR count). The number of unbranched alkanes of at least 4 members (excludes halogenated alkanes) is 30. The van der Waals surface area contributed by atoms with E-state index < -0.39 is 135 Å². The number of carbonyl (C=O) groups is 3. The lowest BCUT2D eigenvalue weighted by molar-refractivity contribution is 0.0742. The van der Waals surface area contributed by atoms with Crippen LogP contribution in [0.5, 0.6) is 0 Å². The Morgan fingerprint density at radius 1 is 0.254 bits per heavy atom. The number of hydrogen-bond acceptors (Lipinski definition) is 12. The lowest BCUT2D eigenvalue weighted by atomic mass is 10.1. The summed E-state index contributed by atoms with van der Waals surface area (Å²) in [6.45, 7) is 14.9. The van der Waals surface area contributed by atoms with Crippen LogP contribution in [0, 0.1) is 17.5 Å². The Balaban J connectivity index is 1.58.